The average Bonchev–Trinajstić information content (AvgIpc) is 3.47. The van der Waals surface area contributed by atoms with Crippen molar-refractivity contribution < 1.29 is 17.9 Å². The fraction of sp³-hybridized carbons (Fsp3) is 0.333. The molecule has 1 amide bonds. The summed E-state index contributed by atoms with van der Waals surface area (Å²) in [5, 5.41) is 11.6. The number of carbonyl (C=O) groups is 1. The highest BCUT2D eigenvalue weighted by Crippen LogP contribution is 2.32. The van der Waals surface area contributed by atoms with Crippen LogP contribution in [0.3, 0.4) is 0 Å². The van der Waals surface area contributed by atoms with Crippen molar-refractivity contribution >= 4 is 33.0 Å². The predicted octanol–water partition coefficient (Wildman–Crippen LogP) is 3.96. The lowest BCUT2D eigenvalue weighted by atomic mass is 10.2. The fourth-order valence-corrected chi connectivity index (χ4v) is 5.86. The number of piperidine rings is 1. The van der Waals surface area contributed by atoms with Gasteiger partial charge in [0.2, 0.25) is 10.0 Å². The molecule has 0 bridgehead atoms. The second-order valence-electron chi connectivity index (χ2n) is 7.16. The summed E-state index contributed by atoms with van der Waals surface area (Å²) in [5.74, 6) is -0.143. The van der Waals surface area contributed by atoms with Crippen LogP contribution in [-0.2, 0) is 10.0 Å². The van der Waals surface area contributed by atoms with E-state index in [1.54, 1.807) is 36.5 Å². The number of nitrogens with one attached hydrogen (secondary N) is 2. The van der Waals surface area contributed by atoms with Crippen molar-refractivity contribution in [2.75, 3.05) is 25.0 Å². The molecule has 1 aliphatic heterocycles. The van der Waals surface area contributed by atoms with Gasteiger partial charge in [-0.1, -0.05) is 12.5 Å². The number of aromatic nitrogens is 2. The maximum absolute atomic E-state index is 13.2. The fourth-order valence-electron chi connectivity index (χ4n) is 3.50. The minimum Gasteiger partial charge on any atom is -0.492 e. The lowest BCUT2D eigenvalue weighted by Gasteiger charge is -2.27. The Balaban J connectivity index is 1.59. The lowest BCUT2D eigenvalue weighted by Crippen LogP contribution is -2.35. The highest BCUT2D eigenvalue weighted by Gasteiger charge is 2.29. The molecule has 0 spiro atoms. The minimum absolute atomic E-state index is 0.0651. The Morgan fingerprint density at radius 1 is 1.23 bits per heavy atom. The van der Waals surface area contributed by atoms with Crippen molar-refractivity contribution in [3.63, 3.8) is 0 Å². The number of ether oxygens (including phenoxy) is 1. The van der Waals surface area contributed by atoms with Gasteiger partial charge in [-0.25, -0.2) is 8.42 Å². The van der Waals surface area contributed by atoms with Crippen LogP contribution in [0.15, 0.2) is 46.7 Å². The van der Waals surface area contributed by atoms with E-state index in [0.717, 1.165) is 29.8 Å². The normalized spacial score (nSPS) is 15.0. The number of amides is 1. The largest absolute Gasteiger partial charge is 0.492 e. The molecule has 1 aliphatic rings. The molecular weight excluding hydrogens is 436 g/mol. The van der Waals surface area contributed by atoms with Crippen LogP contribution in [0.5, 0.6) is 5.75 Å². The van der Waals surface area contributed by atoms with Crippen LogP contribution in [0.25, 0.3) is 10.6 Å². The summed E-state index contributed by atoms with van der Waals surface area (Å²) < 4.78 is 33.5. The molecule has 2 N–H and O–H groups in total. The molecule has 31 heavy (non-hydrogen) atoms. The van der Waals surface area contributed by atoms with Crippen LogP contribution in [0.2, 0.25) is 0 Å². The molecule has 3 aromatic rings. The predicted molar refractivity (Wildman–Crippen MR) is 120 cm³/mol. The first-order chi connectivity index (χ1) is 15.0. The molecule has 8 nitrogen and oxygen atoms in total. The Bertz CT molecular complexity index is 1150. The van der Waals surface area contributed by atoms with E-state index in [4.69, 9.17) is 4.74 Å². The number of anilines is 1. The number of rotatable bonds is 7. The van der Waals surface area contributed by atoms with Gasteiger partial charge in [0, 0.05) is 18.8 Å². The smallest absolute Gasteiger partial charge is 0.276 e. The van der Waals surface area contributed by atoms with E-state index in [0.29, 0.717) is 25.4 Å². The van der Waals surface area contributed by atoms with Crippen LogP contribution in [0.1, 0.15) is 36.7 Å². The molecule has 0 unspecified atom stereocenters. The zero-order valence-corrected chi connectivity index (χ0v) is 18.8. The Morgan fingerprint density at radius 3 is 2.74 bits per heavy atom. The van der Waals surface area contributed by atoms with Gasteiger partial charge in [0.15, 0.2) is 5.69 Å². The number of hydrogen-bond acceptors (Lipinski definition) is 6. The van der Waals surface area contributed by atoms with Gasteiger partial charge < -0.3 is 10.1 Å². The van der Waals surface area contributed by atoms with Gasteiger partial charge >= 0.3 is 0 Å². The van der Waals surface area contributed by atoms with Crippen molar-refractivity contribution in [2.45, 2.75) is 31.1 Å². The Labute approximate surface area is 185 Å². The molecular formula is C21H24N4O4S2. The van der Waals surface area contributed by atoms with Crippen LogP contribution in [-0.4, -0.2) is 48.5 Å². The van der Waals surface area contributed by atoms with Crippen molar-refractivity contribution in [1.82, 2.24) is 14.5 Å². The third-order valence-corrected chi connectivity index (χ3v) is 7.85. The highest BCUT2D eigenvalue weighted by atomic mass is 32.2. The van der Waals surface area contributed by atoms with Crippen molar-refractivity contribution in [2.24, 2.45) is 0 Å². The molecule has 1 aromatic carbocycles. The molecule has 164 valence electrons. The second kappa shape index (κ2) is 9.21. The Hall–Kier alpha value is -2.69. The molecule has 1 fully saturated rings. The van der Waals surface area contributed by atoms with Gasteiger partial charge in [0.05, 0.1) is 17.2 Å². The Morgan fingerprint density at radius 2 is 2.03 bits per heavy atom. The molecule has 1 saturated heterocycles. The van der Waals surface area contributed by atoms with Gasteiger partial charge in [-0.2, -0.15) is 9.40 Å². The highest BCUT2D eigenvalue weighted by molar-refractivity contribution is 7.89. The van der Waals surface area contributed by atoms with Crippen molar-refractivity contribution in [3.8, 4) is 16.3 Å². The first kappa shape index (κ1) is 21.5. The van der Waals surface area contributed by atoms with Crippen LogP contribution in [0.4, 0.5) is 5.69 Å². The van der Waals surface area contributed by atoms with E-state index in [-0.39, 0.29) is 16.3 Å². The summed E-state index contributed by atoms with van der Waals surface area (Å²) in [4.78, 5) is 13.7. The minimum atomic E-state index is -3.73. The van der Waals surface area contributed by atoms with Gasteiger partial charge in [-0.05, 0) is 55.5 Å². The molecule has 4 rings (SSSR count). The number of H-pyrrole nitrogens is 1. The maximum atomic E-state index is 13.2. The van der Waals surface area contributed by atoms with Crippen LogP contribution in [0, 0.1) is 0 Å². The number of aromatic amines is 1. The molecule has 0 saturated carbocycles. The number of nitrogens with zero attached hydrogens (tertiary/aromatic N) is 2. The summed E-state index contributed by atoms with van der Waals surface area (Å²) in [6.45, 7) is 3.12. The summed E-state index contributed by atoms with van der Waals surface area (Å²) >= 11 is 1.54. The zero-order chi connectivity index (χ0) is 21.8. The van der Waals surface area contributed by atoms with Gasteiger partial charge in [0.25, 0.3) is 5.91 Å². The average molecular weight is 461 g/mol. The third-order valence-electron chi connectivity index (χ3n) is 5.03. The molecule has 2 aromatic heterocycles. The molecule has 10 heteroatoms. The number of benzene rings is 1. The van der Waals surface area contributed by atoms with E-state index in [9.17, 15) is 13.2 Å². The van der Waals surface area contributed by atoms with E-state index in [1.165, 1.54) is 10.4 Å². The maximum Gasteiger partial charge on any atom is 0.276 e. The monoisotopic (exact) mass is 460 g/mol. The second-order valence-corrected chi connectivity index (χ2v) is 10.0. The summed E-state index contributed by atoms with van der Waals surface area (Å²) in [6, 6.07) is 10.2. The quantitative estimate of drug-likeness (QED) is 0.555. The number of carbonyl (C=O) groups excluding carboxylic acids is 1. The van der Waals surface area contributed by atoms with E-state index in [1.807, 2.05) is 17.5 Å². The van der Waals surface area contributed by atoms with Crippen molar-refractivity contribution in [1.29, 1.82) is 0 Å². The lowest BCUT2D eigenvalue weighted by molar-refractivity contribution is 0.102. The van der Waals surface area contributed by atoms with E-state index >= 15 is 0 Å². The first-order valence-electron chi connectivity index (χ1n) is 10.2. The molecule has 0 aliphatic carbocycles. The zero-order valence-electron chi connectivity index (χ0n) is 17.1. The number of sulfonamides is 1. The SMILES string of the molecule is CCOc1ccc(NC(=O)c2cc(-c3cccs3)[nH]n2)cc1S(=O)(=O)N1CCCCC1. The van der Waals surface area contributed by atoms with Gasteiger partial charge in [-0.15, -0.1) is 11.3 Å². The van der Waals surface area contributed by atoms with Gasteiger partial charge in [0.1, 0.15) is 10.6 Å². The van der Waals surface area contributed by atoms with E-state index in [2.05, 4.69) is 15.5 Å². The number of hydrogen-bond donors (Lipinski definition) is 2. The van der Waals surface area contributed by atoms with Gasteiger partial charge in [-0.3, -0.25) is 9.89 Å². The third kappa shape index (κ3) is 4.65. The molecule has 0 radical (unpaired) electrons. The summed E-state index contributed by atoms with van der Waals surface area (Å²) in [7, 11) is -3.73. The topological polar surface area (TPSA) is 104 Å². The molecule has 3 heterocycles. The summed E-state index contributed by atoms with van der Waals surface area (Å²) in [5.41, 5.74) is 1.34. The summed E-state index contributed by atoms with van der Waals surface area (Å²) in [6.07, 6.45) is 2.70. The van der Waals surface area contributed by atoms with Crippen LogP contribution >= 0.6 is 11.3 Å². The van der Waals surface area contributed by atoms with Crippen LogP contribution < -0.4 is 10.1 Å². The van der Waals surface area contributed by atoms with Crippen molar-refractivity contribution in [3.05, 3.63) is 47.5 Å². The number of thiophene rings is 1. The standard InChI is InChI=1S/C21H24N4O4S2/c1-2-29-18-9-8-15(13-20(18)31(27,28)25-10-4-3-5-11-25)22-21(26)17-14-16(23-24-17)19-7-6-12-30-19/h6-9,12-14H,2-5,10-11H2,1H3,(H,22,26)(H,23,24). The van der Waals surface area contributed by atoms with E-state index < -0.39 is 15.9 Å². The molecule has 0 atom stereocenters. The Kier molecular flexibility index (Phi) is 6.40. The first-order valence-corrected chi connectivity index (χ1v) is 12.5.